The van der Waals surface area contributed by atoms with Crippen LogP contribution in [0.1, 0.15) is 19.4 Å². The zero-order valence-corrected chi connectivity index (χ0v) is 7.37. The maximum atomic E-state index is 10.6. The van der Waals surface area contributed by atoms with Gasteiger partial charge in [0.25, 0.3) is 0 Å². The number of carbonyl (C=O) groups excluding carboxylic acids is 1. The van der Waals surface area contributed by atoms with Gasteiger partial charge in [-0.1, -0.05) is 0 Å². The lowest BCUT2D eigenvalue weighted by atomic mass is 10.3. The van der Waals surface area contributed by atoms with Crippen LogP contribution in [0.5, 0.6) is 0 Å². The number of hydrogen-bond donors (Lipinski definition) is 1. The van der Waals surface area contributed by atoms with Gasteiger partial charge in [-0.15, -0.1) is 0 Å². The van der Waals surface area contributed by atoms with Crippen molar-refractivity contribution in [2.24, 2.45) is 0 Å². The summed E-state index contributed by atoms with van der Waals surface area (Å²) in [6.45, 7) is 4.95. The fraction of sp³-hybridized carbons (Fsp3) is 0.500. The maximum absolute atomic E-state index is 10.6. The van der Waals surface area contributed by atoms with Crippen molar-refractivity contribution < 1.29 is 4.79 Å². The largest absolute Gasteiger partial charge is 0.352 e. The molecule has 1 amide bonds. The number of aromatic nitrogens is 2. The Morgan fingerprint density at radius 2 is 2.50 bits per heavy atom. The van der Waals surface area contributed by atoms with E-state index in [1.165, 1.54) is 6.92 Å². The van der Waals surface area contributed by atoms with Crippen molar-refractivity contribution in [3.63, 3.8) is 0 Å². The van der Waals surface area contributed by atoms with Gasteiger partial charge in [-0.25, -0.2) is 0 Å². The van der Waals surface area contributed by atoms with E-state index in [1.54, 1.807) is 6.20 Å². The van der Waals surface area contributed by atoms with E-state index >= 15 is 0 Å². The molecule has 1 rings (SSSR count). The van der Waals surface area contributed by atoms with E-state index in [0.29, 0.717) is 6.54 Å². The molecule has 1 aromatic rings. The Balaban J connectivity index is 2.47. The number of amides is 1. The summed E-state index contributed by atoms with van der Waals surface area (Å²) < 4.78 is 1.83. The number of rotatable bonds is 3. The smallest absolute Gasteiger partial charge is 0.217 e. The highest BCUT2D eigenvalue weighted by molar-refractivity contribution is 5.72. The van der Waals surface area contributed by atoms with Gasteiger partial charge < -0.3 is 5.32 Å². The van der Waals surface area contributed by atoms with Gasteiger partial charge >= 0.3 is 0 Å². The quantitative estimate of drug-likeness (QED) is 0.714. The second-order valence-electron chi connectivity index (χ2n) is 2.61. The number of hydrogen-bond acceptors (Lipinski definition) is 2. The first-order valence-corrected chi connectivity index (χ1v) is 3.98. The van der Waals surface area contributed by atoms with E-state index in [1.807, 2.05) is 17.8 Å². The van der Waals surface area contributed by atoms with Crippen LogP contribution >= 0.6 is 0 Å². The van der Waals surface area contributed by atoms with Crippen LogP contribution in [0.4, 0.5) is 0 Å². The first-order chi connectivity index (χ1) is 5.72. The summed E-state index contributed by atoms with van der Waals surface area (Å²) in [5, 5.41) is 6.78. The molecule has 66 valence electrons. The number of carbonyl (C=O) groups is 1. The SMILES string of the molecule is CCn1cc(CNC(C)=O)cn1. The molecule has 0 aromatic carbocycles. The normalized spacial score (nSPS) is 9.83. The third kappa shape index (κ3) is 2.38. The Labute approximate surface area is 71.6 Å². The third-order valence-electron chi connectivity index (χ3n) is 1.55. The summed E-state index contributed by atoms with van der Waals surface area (Å²) >= 11 is 0. The predicted octanol–water partition coefficient (Wildman–Crippen LogP) is 0.539. The molecule has 0 radical (unpaired) electrons. The fourth-order valence-corrected chi connectivity index (χ4v) is 0.897. The molecule has 0 bridgehead atoms. The summed E-state index contributed by atoms with van der Waals surface area (Å²) in [7, 11) is 0. The van der Waals surface area contributed by atoms with E-state index in [9.17, 15) is 4.79 Å². The zero-order valence-electron chi connectivity index (χ0n) is 7.37. The molecule has 4 heteroatoms. The average Bonchev–Trinajstić information content (AvgIpc) is 2.48. The molecule has 12 heavy (non-hydrogen) atoms. The van der Waals surface area contributed by atoms with Crippen molar-refractivity contribution in [3.8, 4) is 0 Å². The van der Waals surface area contributed by atoms with Gasteiger partial charge in [0.05, 0.1) is 6.20 Å². The molecule has 0 aliphatic rings. The van der Waals surface area contributed by atoms with E-state index in [4.69, 9.17) is 0 Å². The standard InChI is InChI=1S/C8H13N3O/c1-3-11-6-8(5-10-11)4-9-7(2)12/h5-6H,3-4H2,1-2H3,(H,9,12). The van der Waals surface area contributed by atoms with Crippen molar-refractivity contribution in [2.75, 3.05) is 0 Å². The summed E-state index contributed by atoms with van der Waals surface area (Å²) in [5.41, 5.74) is 1.03. The van der Waals surface area contributed by atoms with Gasteiger partial charge in [-0.2, -0.15) is 5.10 Å². The maximum Gasteiger partial charge on any atom is 0.217 e. The molecular formula is C8H13N3O. The molecule has 0 aliphatic heterocycles. The topological polar surface area (TPSA) is 46.9 Å². The summed E-state index contributed by atoms with van der Waals surface area (Å²) in [6.07, 6.45) is 3.69. The van der Waals surface area contributed by atoms with E-state index in [-0.39, 0.29) is 5.91 Å². The lowest BCUT2D eigenvalue weighted by Gasteiger charge is -1.96. The van der Waals surface area contributed by atoms with Gasteiger partial charge in [0.1, 0.15) is 0 Å². The van der Waals surface area contributed by atoms with Gasteiger partial charge in [0, 0.05) is 31.8 Å². The highest BCUT2D eigenvalue weighted by atomic mass is 16.1. The molecule has 1 heterocycles. The Kier molecular flexibility index (Phi) is 2.85. The Morgan fingerprint density at radius 1 is 1.75 bits per heavy atom. The van der Waals surface area contributed by atoms with Crippen molar-refractivity contribution in [1.82, 2.24) is 15.1 Å². The van der Waals surface area contributed by atoms with Crippen LogP contribution in [0, 0.1) is 0 Å². The molecule has 0 atom stereocenters. The second-order valence-corrected chi connectivity index (χ2v) is 2.61. The number of nitrogens with zero attached hydrogens (tertiary/aromatic N) is 2. The minimum atomic E-state index is -0.0146. The summed E-state index contributed by atoms with van der Waals surface area (Å²) in [5.74, 6) is -0.0146. The van der Waals surface area contributed by atoms with Crippen LogP contribution in [0.25, 0.3) is 0 Å². The number of aryl methyl sites for hydroxylation is 1. The molecule has 0 aliphatic carbocycles. The van der Waals surface area contributed by atoms with Gasteiger partial charge in [-0.3, -0.25) is 9.48 Å². The molecule has 1 N–H and O–H groups in total. The van der Waals surface area contributed by atoms with E-state index < -0.39 is 0 Å². The van der Waals surface area contributed by atoms with Crippen LogP contribution in [0.3, 0.4) is 0 Å². The minimum absolute atomic E-state index is 0.0146. The average molecular weight is 167 g/mol. The first kappa shape index (κ1) is 8.77. The van der Waals surface area contributed by atoms with Crippen LogP contribution in [0.15, 0.2) is 12.4 Å². The van der Waals surface area contributed by atoms with Crippen molar-refractivity contribution in [3.05, 3.63) is 18.0 Å². The Morgan fingerprint density at radius 3 is 3.00 bits per heavy atom. The van der Waals surface area contributed by atoms with Crippen molar-refractivity contribution in [2.45, 2.75) is 26.9 Å². The molecule has 0 saturated carbocycles. The highest BCUT2D eigenvalue weighted by Gasteiger charge is 1.97. The predicted molar refractivity (Wildman–Crippen MR) is 45.4 cm³/mol. The lowest BCUT2D eigenvalue weighted by Crippen LogP contribution is -2.18. The van der Waals surface area contributed by atoms with Gasteiger partial charge in [0.15, 0.2) is 0 Å². The molecule has 0 saturated heterocycles. The van der Waals surface area contributed by atoms with Gasteiger partial charge in [0.2, 0.25) is 5.91 Å². The molecule has 0 unspecified atom stereocenters. The molecule has 1 aromatic heterocycles. The van der Waals surface area contributed by atoms with Gasteiger partial charge in [-0.05, 0) is 6.92 Å². The highest BCUT2D eigenvalue weighted by Crippen LogP contribution is 1.96. The molecule has 0 fully saturated rings. The molecule has 4 nitrogen and oxygen atoms in total. The fourth-order valence-electron chi connectivity index (χ4n) is 0.897. The zero-order chi connectivity index (χ0) is 8.97. The Bertz CT molecular complexity index is 267. The minimum Gasteiger partial charge on any atom is -0.352 e. The Hall–Kier alpha value is -1.32. The monoisotopic (exact) mass is 167 g/mol. The second kappa shape index (κ2) is 3.90. The number of nitrogens with one attached hydrogen (secondary N) is 1. The summed E-state index contributed by atoms with van der Waals surface area (Å²) in [6, 6.07) is 0. The third-order valence-corrected chi connectivity index (χ3v) is 1.55. The lowest BCUT2D eigenvalue weighted by molar-refractivity contribution is -0.119. The van der Waals surface area contributed by atoms with Crippen LogP contribution in [-0.2, 0) is 17.9 Å². The molecule has 0 spiro atoms. The van der Waals surface area contributed by atoms with E-state index in [2.05, 4.69) is 10.4 Å². The summed E-state index contributed by atoms with van der Waals surface area (Å²) in [4.78, 5) is 10.6. The van der Waals surface area contributed by atoms with Crippen molar-refractivity contribution in [1.29, 1.82) is 0 Å². The molecular weight excluding hydrogens is 154 g/mol. The first-order valence-electron chi connectivity index (χ1n) is 3.98. The van der Waals surface area contributed by atoms with Crippen LogP contribution < -0.4 is 5.32 Å². The van der Waals surface area contributed by atoms with Crippen LogP contribution in [-0.4, -0.2) is 15.7 Å². The van der Waals surface area contributed by atoms with Crippen molar-refractivity contribution >= 4 is 5.91 Å². The van der Waals surface area contributed by atoms with Crippen LogP contribution in [0.2, 0.25) is 0 Å². The van der Waals surface area contributed by atoms with E-state index in [0.717, 1.165) is 12.1 Å².